The molecule has 4 heterocycles. The molecule has 2 aliphatic heterocycles. The average molecular weight is 402 g/mol. The Morgan fingerprint density at radius 1 is 1.21 bits per heavy atom. The molecule has 7 nitrogen and oxygen atoms in total. The van der Waals surface area contributed by atoms with E-state index in [1.165, 1.54) is 12.8 Å². The van der Waals surface area contributed by atoms with Gasteiger partial charge in [-0.2, -0.15) is 0 Å². The van der Waals surface area contributed by atoms with Crippen molar-refractivity contribution in [3.05, 3.63) is 40.7 Å². The molecule has 0 aliphatic carbocycles. The van der Waals surface area contributed by atoms with E-state index in [4.69, 9.17) is 13.7 Å². The predicted octanol–water partition coefficient (Wildman–Crippen LogP) is 3.19. The molecule has 2 aliphatic rings. The molecule has 0 N–H and O–H groups in total. The van der Waals surface area contributed by atoms with Crippen LogP contribution in [-0.4, -0.2) is 66.3 Å². The third kappa shape index (κ3) is 4.73. The van der Waals surface area contributed by atoms with Crippen molar-refractivity contribution in [2.75, 3.05) is 39.4 Å². The van der Waals surface area contributed by atoms with Gasteiger partial charge in [0, 0.05) is 44.3 Å². The molecule has 2 fully saturated rings. The zero-order valence-electron chi connectivity index (χ0n) is 17.5. The standard InChI is InChI=1S/C22H31N3O4/c1-16-20(17(2)29-23-16)15-19-5-6-21(28-19)22(26)25(18-7-13-27-14-8-18)12-11-24-9-3-4-10-24/h5-6,18H,3-4,7-15H2,1-2H3. The van der Waals surface area contributed by atoms with Gasteiger partial charge in [-0.05, 0) is 64.8 Å². The summed E-state index contributed by atoms with van der Waals surface area (Å²) in [7, 11) is 0. The Labute approximate surface area is 172 Å². The molecule has 0 spiro atoms. The molecule has 29 heavy (non-hydrogen) atoms. The first kappa shape index (κ1) is 20.2. The molecule has 0 aromatic carbocycles. The predicted molar refractivity (Wildman–Crippen MR) is 108 cm³/mol. The summed E-state index contributed by atoms with van der Waals surface area (Å²) in [6, 6.07) is 3.91. The van der Waals surface area contributed by atoms with E-state index in [0.29, 0.717) is 25.4 Å². The maximum atomic E-state index is 13.3. The van der Waals surface area contributed by atoms with Gasteiger partial charge in [-0.3, -0.25) is 4.79 Å². The molecule has 4 rings (SSSR count). The highest BCUT2D eigenvalue weighted by Crippen LogP contribution is 2.22. The SMILES string of the molecule is Cc1noc(C)c1Cc1ccc(C(=O)N(CCN2CCCC2)C2CCOCC2)o1. The summed E-state index contributed by atoms with van der Waals surface area (Å²) in [5.74, 6) is 1.95. The molecule has 0 unspecified atom stereocenters. The van der Waals surface area contributed by atoms with Crippen LogP contribution in [0.3, 0.4) is 0 Å². The second-order valence-corrected chi connectivity index (χ2v) is 8.14. The van der Waals surface area contributed by atoms with Crippen molar-refractivity contribution in [2.24, 2.45) is 0 Å². The number of ether oxygens (including phenoxy) is 1. The Hall–Kier alpha value is -2.12. The largest absolute Gasteiger partial charge is 0.456 e. The highest BCUT2D eigenvalue weighted by molar-refractivity contribution is 5.91. The van der Waals surface area contributed by atoms with Gasteiger partial charge in [0.15, 0.2) is 5.76 Å². The summed E-state index contributed by atoms with van der Waals surface area (Å²) < 4.78 is 16.7. The van der Waals surface area contributed by atoms with Crippen molar-refractivity contribution in [1.82, 2.24) is 15.0 Å². The van der Waals surface area contributed by atoms with Crippen molar-refractivity contribution >= 4 is 5.91 Å². The van der Waals surface area contributed by atoms with Gasteiger partial charge in [0.05, 0.1) is 5.69 Å². The molecule has 0 saturated carbocycles. The van der Waals surface area contributed by atoms with E-state index >= 15 is 0 Å². The molecule has 2 aromatic rings. The number of nitrogens with zero attached hydrogens (tertiary/aromatic N) is 3. The van der Waals surface area contributed by atoms with Crippen LogP contribution in [0.4, 0.5) is 0 Å². The first-order valence-electron chi connectivity index (χ1n) is 10.7. The number of aryl methyl sites for hydroxylation is 2. The molecule has 7 heteroatoms. The topological polar surface area (TPSA) is 72.0 Å². The molecule has 2 saturated heterocycles. The van der Waals surface area contributed by atoms with E-state index in [1.807, 2.05) is 24.8 Å². The number of rotatable bonds is 7. The molecular weight excluding hydrogens is 370 g/mol. The second kappa shape index (κ2) is 9.13. The molecule has 0 atom stereocenters. The van der Waals surface area contributed by atoms with Gasteiger partial charge in [-0.1, -0.05) is 5.16 Å². The number of likely N-dealkylation sites (tertiary alicyclic amines) is 1. The zero-order chi connectivity index (χ0) is 20.2. The van der Waals surface area contributed by atoms with Gasteiger partial charge in [-0.25, -0.2) is 0 Å². The van der Waals surface area contributed by atoms with Crippen LogP contribution < -0.4 is 0 Å². The third-order valence-electron chi connectivity index (χ3n) is 6.15. The van der Waals surface area contributed by atoms with Crippen molar-refractivity contribution in [2.45, 2.75) is 52.0 Å². The normalized spacial score (nSPS) is 18.4. The van der Waals surface area contributed by atoms with E-state index in [-0.39, 0.29) is 11.9 Å². The van der Waals surface area contributed by atoms with Crippen molar-refractivity contribution in [3.63, 3.8) is 0 Å². The van der Waals surface area contributed by atoms with Crippen molar-refractivity contribution < 1.29 is 18.5 Å². The fourth-order valence-corrected chi connectivity index (χ4v) is 4.36. The third-order valence-corrected chi connectivity index (χ3v) is 6.15. The number of hydrogen-bond acceptors (Lipinski definition) is 6. The zero-order valence-corrected chi connectivity index (χ0v) is 17.5. The van der Waals surface area contributed by atoms with Crippen LogP contribution in [0.1, 0.15) is 59.0 Å². The molecule has 2 aromatic heterocycles. The lowest BCUT2D eigenvalue weighted by Crippen LogP contribution is -2.46. The Kier molecular flexibility index (Phi) is 6.35. The fraction of sp³-hybridized carbons (Fsp3) is 0.636. The maximum Gasteiger partial charge on any atom is 0.289 e. The monoisotopic (exact) mass is 401 g/mol. The fourth-order valence-electron chi connectivity index (χ4n) is 4.36. The Bertz CT molecular complexity index is 796. The van der Waals surface area contributed by atoms with Gasteiger partial charge in [0.25, 0.3) is 5.91 Å². The summed E-state index contributed by atoms with van der Waals surface area (Å²) in [5, 5.41) is 4.00. The van der Waals surface area contributed by atoms with Crippen LogP contribution in [0.25, 0.3) is 0 Å². The second-order valence-electron chi connectivity index (χ2n) is 8.14. The number of carbonyl (C=O) groups is 1. The first-order chi connectivity index (χ1) is 14.1. The molecule has 1 amide bonds. The van der Waals surface area contributed by atoms with Crippen LogP contribution in [0.5, 0.6) is 0 Å². The maximum absolute atomic E-state index is 13.3. The first-order valence-corrected chi connectivity index (χ1v) is 10.7. The van der Waals surface area contributed by atoms with Gasteiger partial charge in [0.1, 0.15) is 11.5 Å². The summed E-state index contributed by atoms with van der Waals surface area (Å²) in [5.41, 5.74) is 1.88. The van der Waals surface area contributed by atoms with Gasteiger partial charge in [0.2, 0.25) is 0 Å². The molecule has 0 bridgehead atoms. The van der Waals surface area contributed by atoms with E-state index in [2.05, 4.69) is 10.1 Å². The van der Waals surface area contributed by atoms with Gasteiger partial charge in [-0.15, -0.1) is 0 Å². The Balaban J connectivity index is 1.46. The number of furan rings is 1. The minimum atomic E-state index is -0.0129. The van der Waals surface area contributed by atoms with Crippen LogP contribution in [0, 0.1) is 13.8 Å². The van der Waals surface area contributed by atoms with E-state index in [9.17, 15) is 4.79 Å². The Morgan fingerprint density at radius 2 is 1.97 bits per heavy atom. The lowest BCUT2D eigenvalue weighted by molar-refractivity contribution is 0.0252. The minimum Gasteiger partial charge on any atom is -0.456 e. The number of carbonyl (C=O) groups excluding carboxylic acids is 1. The van der Waals surface area contributed by atoms with Gasteiger partial charge < -0.3 is 23.5 Å². The van der Waals surface area contributed by atoms with E-state index < -0.39 is 0 Å². The van der Waals surface area contributed by atoms with Gasteiger partial charge >= 0.3 is 0 Å². The highest BCUT2D eigenvalue weighted by Gasteiger charge is 2.29. The van der Waals surface area contributed by atoms with Crippen LogP contribution in [0.2, 0.25) is 0 Å². The van der Waals surface area contributed by atoms with Crippen LogP contribution in [-0.2, 0) is 11.2 Å². The highest BCUT2D eigenvalue weighted by atomic mass is 16.5. The van der Waals surface area contributed by atoms with E-state index in [0.717, 1.165) is 61.8 Å². The Morgan fingerprint density at radius 3 is 2.66 bits per heavy atom. The number of amides is 1. The minimum absolute atomic E-state index is 0.0129. The quantitative estimate of drug-likeness (QED) is 0.710. The number of hydrogen-bond donors (Lipinski definition) is 0. The lowest BCUT2D eigenvalue weighted by atomic mass is 10.1. The van der Waals surface area contributed by atoms with E-state index in [1.54, 1.807) is 6.07 Å². The lowest BCUT2D eigenvalue weighted by Gasteiger charge is -2.34. The molecular formula is C22H31N3O4. The summed E-state index contributed by atoms with van der Waals surface area (Å²) in [6.07, 6.45) is 4.87. The summed E-state index contributed by atoms with van der Waals surface area (Å²) >= 11 is 0. The van der Waals surface area contributed by atoms with Crippen LogP contribution >= 0.6 is 0 Å². The molecule has 0 radical (unpaired) electrons. The van der Waals surface area contributed by atoms with Crippen molar-refractivity contribution in [3.8, 4) is 0 Å². The average Bonchev–Trinajstić information content (AvgIpc) is 3.48. The summed E-state index contributed by atoms with van der Waals surface area (Å²) in [4.78, 5) is 17.8. The van der Waals surface area contributed by atoms with Crippen LogP contribution in [0.15, 0.2) is 21.1 Å². The smallest absolute Gasteiger partial charge is 0.289 e. The van der Waals surface area contributed by atoms with Crippen molar-refractivity contribution in [1.29, 1.82) is 0 Å². The number of aromatic nitrogens is 1. The summed E-state index contributed by atoms with van der Waals surface area (Å²) in [6.45, 7) is 9.19. The molecule has 158 valence electrons.